The zero-order valence-corrected chi connectivity index (χ0v) is 17.4. The monoisotopic (exact) mass is 405 g/mol. The quantitative estimate of drug-likeness (QED) is 0.439. The second-order valence-electron chi connectivity index (χ2n) is 7.55. The van der Waals surface area contributed by atoms with Crippen LogP contribution in [-0.4, -0.2) is 29.6 Å². The maximum atomic E-state index is 5.68. The standard InChI is InChI=1S/C23H27N5O2/c1-16-3-8-19(9-4-16)22-28-20(15-30-22)13-27-23(24-2)26-12-18-7-10-21(25-11-18)29-14-17-5-6-17/h3-4,7-11,15,17H,5-6,12-14H2,1-2H3,(H2,24,26,27). The van der Waals surface area contributed by atoms with E-state index in [0.717, 1.165) is 29.3 Å². The van der Waals surface area contributed by atoms with Crippen molar-refractivity contribution in [3.63, 3.8) is 0 Å². The van der Waals surface area contributed by atoms with Crippen molar-refractivity contribution in [2.75, 3.05) is 13.7 Å². The van der Waals surface area contributed by atoms with Crippen LogP contribution >= 0.6 is 0 Å². The minimum absolute atomic E-state index is 0.515. The molecule has 1 aromatic carbocycles. The molecule has 1 saturated carbocycles. The molecule has 4 rings (SSSR count). The molecule has 30 heavy (non-hydrogen) atoms. The number of benzene rings is 1. The van der Waals surface area contributed by atoms with E-state index < -0.39 is 0 Å². The summed E-state index contributed by atoms with van der Waals surface area (Å²) < 4.78 is 11.3. The molecular formula is C23H27N5O2. The summed E-state index contributed by atoms with van der Waals surface area (Å²) in [4.78, 5) is 13.2. The zero-order valence-electron chi connectivity index (χ0n) is 17.4. The van der Waals surface area contributed by atoms with Crippen molar-refractivity contribution in [1.29, 1.82) is 0 Å². The average molecular weight is 406 g/mol. The number of pyridine rings is 1. The lowest BCUT2D eigenvalue weighted by molar-refractivity contribution is 0.288. The Labute approximate surface area is 176 Å². The molecule has 2 aromatic heterocycles. The number of nitrogens with one attached hydrogen (secondary N) is 2. The third-order valence-corrected chi connectivity index (χ3v) is 4.93. The van der Waals surface area contributed by atoms with Crippen LogP contribution in [0.15, 0.2) is 58.3 Å². The Morgan fingerprint density at radius 3 is 2.63 bits per heavy atom. The fraction of sp³-hybridized carbons (Fsp3) is 0.348. The molecule has 2 heterocycles. The van der Waals surface area contributed by atoms with Gasteiger partial charge in [0.1, 0.15) is 6.26 Å². The maximum absolute atomic E-state index is 5.68. The third-order valence-electron chi connectivity index (χ3n) is 4.93. The van der Waals surface area contributed by atoms with Gasteiger partial charge in [0.15, 0.2) is 5.96 Å². The van der Waals surface area contributed by atoms with E-state index in [2.05, 4.69) is 32.5 Å². The van der Waals surface area contributed by atoms with E-state index in [1.54, 1.807) is 13.3 Å². The Morgan fingerprint density at radius 1 is 1.13 bits per heavy atom. The summed E-state index contributed by atoms with van der Waals surface area (Å²) in [7, 11) is 1.74. The summed E-state index contributed by atoms with van der Waals surface area (Å²) in [5, 5.41) is 6.53. The highest BCUT2D eigenvalue weighted by Crippen LogP contribution is 2.29. The molecule has 2 N–H and O–H groups in total. The number of nitrogens with zero attached hydrogens (tertiary/aromatic N) is 3. The largest absolute Gasteiger partial charge is 0.477 e. The van der Waals surface area contributed by atoms with E-state index in [9.17, 15) is 0 Å². The van der Waals surface area contributed by atoms with Crippen LogP contribution in [0.25, 0.3) is 11.5 Å². The Hall–Kier alpha value is -3.35. The van der Waals surface area contributed by atoms with Gasteiger partial charge < -0.3 is 19.8 Å². The molecule has 0 saturated heterocycles. The van der Waals surface area contributed by atoms with Gasteiger partial charge in [0, 0.05) is 31.4 Å². The van der Waals surface area contributed by atoms with Crippen molar-refractivity contribution in [3.05, 3.63) is 65.7 Å². The molecule has 1 aliphatic carbocycles. The van der Waals surface area contributed by atoms with E-state index in [4.69, 9.17) is 9.15 Å². The topological polar surface area (TPSA) is 84.6 Å². The molecule has 0 amide bonds. The van der Waals surface area contributed by atoms with Crippen LogP contribution < -0.4 is 15.4 Å². The van der Waals surface area contributed by atoms with Crippen molar-refractivity contribution >= 4 is 5.96 Å². The zero-order chi connectivity index (χ0) is 20.8. The molecule has 1 aliphatic rings. The third kappa shape index (κ3) is 5.59. The van der Waals surface area contributed by atoms with E-state index in [-0.39, 0.29) is 0 Å². The molecule has 0 aliphatic heterocycles. The Kier molecular flexibility index (Phi) is 6.27. The molecule has 0 spiro atoms. The number of ether oxygens (including phenoxy) is 1. The summed E-state index contributed by atoms with van der Waals surface area (Å²) in [6, 6.07) is 12.0. The molecule has 0 unspecified atom stereocenters. The number of guanidine groups is 1. The number of oxazole rings is 1. The molecule has 7 nitrogen and oxygen atoms in total. The fourth-order valence-corrected chi connectivity index (χ4v) is 2.89. The summed E-state index contributed by atoms with van der Waals surface area (Å²) >= 11 is 0. The number of aromatic nitrogens is 2. The van der Waals surface area contributed by atoms with Crippen LogP contribution in [-0.2, 0) is 13.1 Å². The van der Waals surface area contributed by atoms with Gasteiger partial charge in [-0.05, 0) is 43.4 Å². The van der Waals surface area contributed by atoms with E-state index in [0.29, 0.717) is 30.8 Å². The van der Waals surface area contributed by atoms with Crippen LogP contribution in [0.1, 0.15) is 29.7 Å². The van der Waals surface area contributed by atoms with E-state index in [1.807, 2.05) is 42.6 Å². The Bertz CT molecular complexity index is 976. The number of aliphatic imine (C=N–C) groups is 1. The minimum atomic E-state index is 0.515. The summed E-state index contributed by atoms with van der Waals surface area (Å²) in [5.41, 5.74) is 4.04. The van der Waals surface area contributed by atoms with Crippen LogP contribution in [0.5, 0.6) is 5.88 Å². The predicted octanol–water partition coefficient (Wildman–Crippen LogP) is 3.70. The summed E-state index contributed by atoms with van der Waals surface area (Å²) in [6.45, 7) is 3.96. The lowest BCUT2D eigenvalue weighted by Crippen LogP contribution is -2.36. The first kappa shape index (κ1) is 19.9. The molecule has 0 bridgehead atoms. The number of hydrogen-bond acceptors (Lipinski definition) is 5. The highest BCUT2D eigenvalue weighted by Gasteiger charge is 2.22. The molecular weight excluding hydrogens is 378 g/mol. The smallest absolute Gasteiger partial charge is 0.226 e. The van der Waals surface area contributed by atoms with Gasteiger partial charge >= 0.3 is 0 Å². The molecule has 0 atom stereocenters. The predicted molar refractivity (Wildman–Crippen MR) is 116 cm³/mol. The van der Waals surface area contributed by atoms with Crippen molar-refractivity contribution in [3.8, 4) is 17.3 Å². The first-order valence-corrected chi connectivity index (χ1v) is 10.2. The van der Waals surface area contributed by atoms with Gasteiger partial charge in [0.25, 0.3) is 0 Å². The molecule has 3 aromatic rings. The van der Waals surface area contributed by atoms with Gasteiger partial charge in [-0.25, -0.2) is 9.97 Å². The Balaban J connectivity index is 1.24. The van der Waals surface area contributed by atoms with Gasteiger partial charge in [0.05, 0.1) is 18.8 Å². The molecule has 1 fully saturated rings. The molecule has 0 radical (unpaired) electrons. The van der Waals surface area contributed by atoms with Crippen LogP contribution in [0.2, 0.25) is 0 Å². The lowest BCUT2D eigenvalue weighted by atomic mass is 10.1. The molecule has 7 heteroatoms. The first-order chi connectivity index (χ1) is 14.7. The maximum Gasteiger partial charge on any atom is 0.226 e. The highest BCUT2D eigenvalue weighted by atomic mass is 16.5. The summed E-state index contributed by atoms with van der Waals surface area (Å²) in [6.07, 6.45) is 6.04. The van der Waals surface area contributed by atoms with Gasteiger partial charge in [0.2, 0.25) is 11.8 Å². The van der Waals surface area contributed by atoms with E-state index in [1.165, 1.54) is 18.4 Å². The fourth-order valence-electron chi connectivity index (χ4n) is 2.89. The van der Waals surface area contributed by atoms with Gasteiger partial charge in [-0.2, -0.15) is 0 Å². The van der Waals surface area contributed by atoms with Gasteiger partial charge in [-0.15, -0.1) is 0 Å². The highest BCUT2D eigenvalue weighted by molar-refractivity contribution is 5.79. The SMILES string of the molecule is CN=C(NCc1ccc(OCC2CC2)nc1)NCc1coc(-c2ccc(C)cc2)n1. The lowest BCUT2D eigenvalue weighted by Gasteiger charge is -2.11. The van der Waals surface area contributed by atoms with Gasteiger partial charge in [-0.3, -0.25) is 4.99 Å². The summed E-state index contributed by atoms with van der Waals surface area (Å²) in [5.74, 6) is 2.71. The first-order valence-electron chi connectivity index (χ1n) is 10.2. The van der Waals surface area contributed by atoms with Crippen LogP contribution in [0.4, 0.5) is 0 Å². The molecule has 156 valence electrons. The normalized spacial score (nSPS) is 13.9. The van der Waals surface area contributed by atoms with Crippen molar-refractivity contribution in [2.24, 2.45) is 10.9 Å². The van der Waals surface area contributed by atoms with Crippen molar-refractivity contribution < 1.29 is 9.15 Å². The minimum Gasteiger partial charge on any atom is -0.477 e. The number of hydrogen-bond donors (Lipinski definition) is 2. The average Bonchev–Trinajstić information content (AvgIpc) is 3.49. The van der Waals surface area contributed by atoms with Crippen LogP contribution in [0, 0.1) is 12.8 Å². The van der Waals surface area contributed by atoms with E-state index >= 15 is 0 Å². The van der Waals surface area contributed by atoms with Crippen molar-refractivity contribution in [2.45, 2.75) is 32.9 Å². The Morgan fingerprint density at radius 2 is 1.93 bits per heavy atom. The van der Waals surface area contributed by atoms with Crippen molar-refractivity contribution in [1.82, 2.24) is 20.6 Å². The number of rotatable bonds is 8. The second-order valence-corrected chi connectivity index (χ2v) is 7.55. The van der Waals surface area contributed by atoms with Crippen LogP contribution in [0.3, 0.4) is 0 Å². The number of aryl methyl sites for hydroxylation is 1. The van der Waals surface area contributed by atoms with Gasteiger partial charge in [-0.1, -0.05) is 23.8 Å². The second kappa shape index (κ2) is 9.43.